The number of fused-ring (bicyclic) bond motifs is 2. The van der Waals surface area contributed by atoms with Gasteiger partial charge in [-0.2, -0.15) is 13.2 Å². The highest BCUT2D eigenvalue weighted by atomic mass is 32.2. The number of carboxylic acid groups (broad SMARTS) is 1. The van der Waals surface area contributed by atoms with Gasteiger partial charge >= 0.3 is 12.3 Å². The first kappa shape index (κ1) is 13.8. The largest absolute Gasteiger partial charge is 0.464 e. The number of halogens is 3. The summed E-state index contributed by atoms with van der Waals surface area (Å²) in [4.78, 5) is 13.3. The first-order valence-corrected chi connectivity index (χ1v) is 6.71. The summed E-state index contributed by atoms with van der Waals surface area (Å²) in [6.07, 6.45) is -5.69. The molecular formula is C14H8F3NO2S. The Morgan fingerprint density at radius 2 is 1.71 bits per heavy atom. The van der Waals surface area contributed by atoms with Crippen LogP contribution in [0.4, 0.5) is 29.3 Å². The summed E-state index contributed by atoms with van der Waals surface area (Å²) in [6, 6.07) is 9.76. The highest BCUT2D eigenvalue weighted by molar-refractivity contribution is 7.99. The van der Waals surface area contributed by atoms with Crippen LogP contribution in [0.2, 0.25) is 0 Å². The van der Waals surface area contributed by atoms with E-state index in [0.29, 0.717) is 10.6 Å². The van der Waals surface area contributed by atoms with Gasteiger partial charge in [0.1, 0.15) is 0 Å². The quantitative estimate of drug-likeness (QED) is 0.745. The predicted molar refractivity (Wildman–Crippen MR) is 72.2 cm³/mol. The van der Waals surface area contributed by atoms with E-state index >= 15 is 0 Å². The van der Waals surface area contributed by atoms with E-state index in [9.17, 15) is 23.1 Å². The van der Waals surface area contributed by atoms with Gasteiger partial charge in [0.15, 0.2) is 0 Å². The van der Waals surface area contributed by atoms with Gasteiger partial charge in [-0.1, -0.05) is 23.9 Å². The van der Waals surface area contributed by atoms with E-state index in [2.05, 4.69) is 0 Å². The number of alkyl halides is 3. The molecule has 2 aromatic carbocycles. The zero-order valence-corrected chi connectivity index (χ0v) is 11.2. The van der Waals surface area contributed by atoms with Gasteiger partial charge in [0.05, 0.1) is 16.9 Å². The number of carbonyl (C=O) groups is 1. The van der Waals surface area contributed by atoms with Crippen molar-refractivity contribution in [1.82, 2.24) is 0 Å². The van der Waals surface area contributed by atoms with Crippen molar-refractivity contribution < 1.29 is 23.1 Å². The summed E-state index contributed by atoms with van der Waals surface area (Å²) >= 11 is 1.13. The van der Waals surface area contributed by atoms with Crippen LogP contribution in [0.1, 0.15) is 5.56 Å². The second-order valence-electron chi connectivity index (χ2n) is 4.37. The number of nitrogens with zero attached hydrogens (tertiary/aromatic N) is 1. The van der Waals surface area contributed by atoms with E-state index < -0.39 is 17.8 Å². The summed E-state index contributed by atoms with van der Waals surface area (Å²) in [5, 5.41) is 9.36. The fraction of sp³-hybridized carbons (Fsp3) is 0.0714. The lowest BCUT2D eigenvalue weighted by Crippen LogP contribution is -2.26. The number of hydrogen-bond donors (Lipinski definition) is 1. The molecule has 0 aliphatic carbocycles. The zero-order chi connectivity index (χ0) is 15.2. The maximum absolute atomic E-state index is 12.8. The lowest BCUT2D eigenvalue weighted by Gasteiger charge is -2.29. The normalized spacial score (nSPS) is 13.6. The molecule has 0 saturated carbocycles. The molecule has 21 heavy (non-hydrogen) atoms. The van der Waals surface area contributed by atoms with Crippen LogP contribution in [0, 0.1) is 0 Å². The molecule has 1 heterocycles. The summed E-state index contributed by atoms with van der Waals surface area (Å²) in [7, 11) is 0. The van der Waals surface area contributed by atoms with E-state index in [1.54, 1.807) is 24.3 Å². The van der Waals surface area contributed by atoms with Crippen molar-refractivity contribution in [1.29, 1.82) is 0 Å². The van der Waals surface area contributed by atoms with Crippen LogP contribution < -0.4 is 4.90 Å². The van der Waals surface area contributed by atoms with Crippen LogP contribution in [0.3, 0.4) is 0 Å². The molecule has 7 heteroatoms. The molecule has 0 aromatic heterocycles. The highest BCUT2D eigenvalue weighted by Gasteiger charge is 2.34. The Morgan fingerprint density at radius 3 is 2.38 bits per heavy atom. The topological polar surface area (TPSA) is 40.5 Å². The monoisotopic (exact) mass is 311 g/mol. The lowest BCUT2D eigenvalue weighted by atomic mass is 10.1. The van der Waals surface area contributed by atoms with Crippen LogP contribution >= 0.6 is 11.8 Å². The third-order valence-electron chi connectivity index (χ3n) is 3.05. The molecule has 1 aliphatic rings. The van der Waals surface area contributed by atoms with Crippen molar-refractivity contribution in [3.63, 3.8) is 0 Å². The van der Waals surface area contributed by atoms with Crippen molar-refractivity contribution >= 4 is 29.2 Å². The molecule has 108 valence electrons. The molecule has 0 unspecified atom stereocenters. The van der Waals surface area contributed by atoms with Crippen LogP contribution in [-0.2, 0) is 6.18 Å². The molecule has 3 rings (SSSR count). The van der Waals surface area contributed by atoms with Crippen molar-refractivity contribution in [3.8, 4) is 0 Å². The minimum Gasteiger partial charge on any atom is -0.464 e. The van der Waals surface area contributed by atoms with Crippen molar-refractivity contribution in [2.75, 3.05) is 4.90 Å². The first-order chi connectivity index (χ1) is 9.88. The van der Waals surface area contributed by atoms with Crippen LogP contribution in [-0.4, -0.2) is 11.2 Å². The Labute approximate surface area is 122 Å². The molecule has 0 saturated heterocycles. The molecule has 0 fully saturated rings. The summed E-state index contributed by atoms with van der Waals surface area (Å²) in [5.41, 5.74) is -0.111. The van der Waals surface area contributed by atoms with Gasteiger partial charge in [-0.05, 0) is 30.3 Å². The van der Waals surface area contributed by atoms with Gasteiger partial charge in [0, 0.05) is 9.79 Å². The van der Waals surface area contributed by atoms with Crippen molar-refractivity contribution in [2.24, 2.45) is 0 Å². The van der Waals surface area contributed by atoms with Crippen LogP contribution in [0.25, 0.3) is 0 Å². The van der Waals surface area contributed by atoms with Gasteiger partial charge in [-0.25, -0.2) is 9.69 Å². The van der Waals surface area contributed by atoms with Gasteiger partial charge < -0.3 is 5.11 Å². The molecule has 0 spiro atoms. The van der Waals surface area contributed by atoms with Gasteiger partial charge in [0.2, 0.25) is 0 Å². The van der Waals surface area contributed by atoms with Crippen molar-refractivity contribution in [2.45, 2.75) is 16.0 Å². The predicted octanol–water partition coefficient (Wildman–Crippen LogP) is 4.99. The number of para-hydroxylation sites is 1. The summed E-state index contributed by atoms with van der Waals surface area (Å²) in [5.74, 6) is 0. The molecule has 0 bridgehead atoms. The second-order valence-corrected chi connectivity index (χ2v) is 5.45. The molecule has 1 amide bonds. The van der Waals surface area contributed by atoms with Crippen LogP contribution in [0.15, 0.2) is 52.3 Å². The van der Waals surface area contributed by atoms with Gasteiger partial charge in [-0.3, -0.25) is 0 Å². The van der Waals surface area contributed by atoms with Gasteiger partial charge in [0.25, 0.3) is 0 Å². The van der Waals surface area contributed by atoms with E-state index in [4.69, 9.17) is 0 Å². The average Bonchev–Trinajstić information content (AvgIpc) is 2.42. The van der Waals surface area contributed by atoms with E-state index in [-0.39, 0.29) is 10.6 Å². The number of rotatable bonds is 0. The Kier molecular flexibility index (Phi) is 3.09. The highest BCUT2D eigenvalue weighted by Crippen LogP contribution is 2.49. The molecule has 0 radical (unpaired) electrons. The third-order valence-corrected chi connectivity index (χ3v) is 4.16. The molecule has 0 atom stereocenters. The Morgan fingerprint density at radius 1 is 1.05 bits per heavy atom. The van der Waals surface area contributed by atoms with E-state index in [0.717, 1.165) is 28.8 Å². The second kappa shape index (κ2) is 4.70. The number of hydrogen-bond acceptors (Lipinski definition) is 2. The zero-order valence-electron chi connectivity index (χ0n) is 10.4. The average molecular weight is 311 g/mol. The van der Waals surface area contributed by atoms with Crippen LogP contribution in [0.5, 0.6) is 0 Å². The molecular weight excluding hydrogens is 303 g/mol. The number of anilines is 2. The SMILES string of the molecule is O=C(O)N1c2ccccc2Sc2cc(C(F)(F)F)ccc21. The summed E-state index contributed by atoms with van der Waals surface area (Å²) in [6.45, 7) is 0. The number of benzene rings is 2. The van der Waals surface area contributed by atoms with Crippen molar-refractivity contribution in [3.05, 3.63) is 48.0 Å². The molecule has 2 aromatic rings. The number of amides is 1. The fourth-order valence-corrected chi connectivity index (χ4v) is 3.24. The maximum atomic E-state index is 12.8. The standard InChI is InChI=1S/C14H8F3NO2S/c15-14(16,17)8-5-6-10-12(7-8)21-11-4-2-1-3-9(11)18(10)13(19)20/h1-7H,(H,19,20). The van der Waals surface area contributed by atoms with Gasteiger partial charge in [-0.15, -0.1) is 0 Å². The summed E-state index contributed by atoms with van der Waals surface area (Å²) < 4.78 is 38.3. The minimum atomic E-state index is -4.46. The third kappa shape index (κ3) is 2.33. The Bertz CT molecular complexity index is 730. The molecule has 1 N–H and O–H groups in total. The molecule has 1 aliphatic heterocycles. The fourth-order valence-electron chi connectivity index (χ4n) is 2.14. The van der Waals surface area contributed by atoms with E-state index in [1.165, 1.54) is 6.07 Å². The molecule has 3 nitrogen and oxygen atoms in total. The Balaban J connectivity index is 2.17. The maximum Gasteiger partial charge on any atom is 0.416 e. The first-order valence-electron chi connectivity index (χ1n) is 5.89. The Hall–Kier alpha value is -2.15. The minimum absolute atomic E-state index is 0.235. The van der Waals surface area contributed by atoms with E-state index in [1.807, 2.05) is 0 Å². The smallest absolute Gasteiger partial charge is 0.416 e. The lowest BCUT2D eigenvalue weighted by molar-refractivity contribution is -0.137.